The third-order valence-electron chi connectivity index (χ3n) is 2.95. The molecule has 0 amide bonds. The Bertz CT molecular complexity index is 470. The topological polar surface area (TPSA) is 15.7 Å². The minimum atomic E-state index is 0.437. The molecule has 0 bridgehead atoms. The van der Waals surface area contributed by atoms with Crippen LogP contribution in [-0.4, -0.2) is 36.2 Å². The molecule has 20 heavy (non-hydrogen) atoms. The lowest BCUT2D eigenvalue weighted by molar-refractivity contribution is 0.217. The molecule has 1 aromatic rings. The van der Waals surface area contributed by atoms with Gasteiger partial charge in [0.25, 0.3) is 0 Å². The van der Waals surface area contributed by atoms with Crippen molar-refractivity contribution in [3.8, 4) is 5.75 Å². The van der Waals surface area contributed by atoms with E-state index in [9.17, 15) is 0 Å². The molecule has 0 radical (unpaired) electrons. The first kappa shape index (κ1) is 15.6. The van der Waals surface area contributed by atoms with Crippen LogP contribution in [0.2, 0.25) is 15.1 Å². The van der Waals surface area contributed by atoms with Crippen LogP contribution in [0, 0.1) is 0 Å². The van der Waals surface area contributed by atoms with Gasteiger partial charge in [0.15, 0.2) is 5.75 Å². The van der Waals surface area contributed by atoms with Crippen LogP contribution in [0.4, 0.5) is 0 Å². The molecule has 0 saturated heterocycles. The van der Waals surface area contributed by atoms with E-state index in [1.165, 1.54) is 0 Å². The molecule has 1 aromatic carbocycles. The van der Waals surface area contributed by atoms with Crippen molar-refractivity contribution in [2.24, 2.45) is 0 Å². The van der Waals surface area contributed by atoms with Crippen LogP contribution in [0.25, 0.3) is 0 Å². The van der Waals surface area contributed by atoms with E-state index in [-0.39, 0.29) is 0 Å². The van der Waals surface area contributed by atoms with Crippen LogP contribution in [0.5, 0.6) is 5.75 Å². The molecule has 0 saturated carbocycles. The number of hydrogen-bond donors (Lipinski definition) is 0. The van der Waals surface area contributed by atoms with E-state index >= 15 is 0 Å². The molecule has 0 unspecified atom stereocenters. The van der Waals surface area contributed by atoms with Gasteiger partial charge in [-0.3, -0.25) is 0 Å². The molecule has 0 aromatic heterocycles. The van der Waals surface area contributed by atoms with E-state index in [1.54, 1.807) is 12.1 Å². The zero-order valence-electron chi connectivity index (χ0n) is 11.3. The van der Waals surface area contributed by atoms with Gasteiger partial charge in [-0.1, -0.05) is 41.7 Å². The largest absolute Gasteiger partial charge is 0.489 e. The van der Waals surface area contributed by atoms with E-state index in [0.29, 0.717) is 27.4 Å². The van der Waals surface area contributed by atoms with E-state index in [4.69, 9.17) is 39.5 Å². The normalized spacial score (nSPS) is 14.2. The molecule has 0 spiro atoms. The van der Waals surface area contributed by atoms with Gasteiger partial charge >= 0.3 is 0 Å². The first-order valence-corrected chi connectivity index (χ1v) is 7.67. The summed E-state index contributed by atoms with van der Waals surface area (Å²) in [7, 11) is 0. The maximum absolute atomic E-state index is 6.06. The van der Waals surface area contributed by atoms with E-state index < -0.39 is 0 Å². The van der Waals surface area contributed by atoms with Crippen LogP contribution in [0.15, 0.2) is 24.5 Å². The monoisotopic (exact) mass is 334 g/mol. The Balaban J connectivity index is 1.81. The van der Waals surface area contributed by atoms with Crippen LogP contribution < -0.4 is 4.74 Å². The van der Waals surface area contributed by atoms with Crippen molar-refractivity contribution in [2.75, 3.05) is 26.4 Å². The van der Waals surface area contributed by atoms with Crippen molar-refractivity contribution < 1.29 is 4.74 Å². The lowest BCUT2D eigenvalue weighted by Gasteiger charge is -2.21. The van der Waals surface area contributed by atoms with Crippen molar-refractivity contribution in [3.63, 3.8) is 0 Å². The highest BCUT2D eigenvalue weighted by molar-refractivity contribution is 6.40. The van der Waals surface area contributed by atoms with Crippen LogP contribution in [0.3, 0.4) is 0 Å². The standard InChI is InChI=1S/C14H17Cl3N2O/c1-2-3-18-4-5-19(10-18)6-7-20-14-12(16)8-11(15)9-13(14)17/h4-5,8-9H,2-3,6-7,10H2,1H3. The first-order valence-electron chi connectivity index (χ1n) is 6.54. The molecule has 0 aliphatic carbocycles. The summed E-state index contributed by atoms with van der Waals surface area (Å²) in [6.45, 7) is 5.45. The Labute approximate surface area is 134 Å². The highest BCUT2D eigenvalue weighted by Gasteiger charge is 2.13. The fourth-order valence-electron chi connectivity index (χ4n) is 2.03. The highest BCUT2D eigenvalue weighted by Crippen LogP contribution is 2.35. The number of hydrogen-bond acceptors (Lipinski definition) is 3. The van der Waals surface area contributed by atoms with Gasteiger partial charge in [0, 0.05) is 24.0 Å². The average molecular weight is 336 g/mol. The third kappa shape index (κ3) is 4.11. The summed E-state index contributed by atoms with van der Waals surface area (Å²) in [6.07, 6.45) is 5.32. The fourth-order valence-corrected chi connectivity index (χ4v) is 2.95. The second kappa shape index (κ2) is 7.30. The van der Waals surface area contributed by atoms with Gasteiger partial charge in [-0.25, -0.2) is 0 Å². The Kier molecular flexibility index (Phi) is 5.70. The maximum Gasteiger partial charge on any atom is 0.156 e. The molecular formula is C14H17Cl3N2O. The number of ether oxygens (including phenoxy) is 1. The molecule has 0 fully saturated rings. The van der Waals surface area contributed by atoms with Crippen LogP contribution in [0.1, 0.15) is 13.3 Å². The molecule has 0 N–H and O–H groups in total. The minimum absolute atomic E-state index is 0.437. The maximum atomic E-state index is 6.06. The van der Waals surface area contributed by atoms with Crippen molar-refractivity contribution in [1.82, 2.24) is 9.80 Å². The third-order valence-corrected chi connectivity index (χ3v) is 3.73. The number of halogens is 3. The van der Waals surface area contributed by atoms with E-state index in [0.717, 1.165) is 26.2 Å². The van der Waals surface area contributed by atoms with Gasteiger partial charge in [0.2, 0.25) is 0 Å². The SMILES string of the molecule is CCCN1C=CN(CCOc2c(Cl)cc(Cl)cc2Cl)C1. The Hall–Kier alpha value is -0.770. The zero-order chi connectivity index (χ0) is 14.5. The summed E-state index contributed by atoms with van der Waals surface area (Å²) in [5.74, 6) is 0.492. The zero-order valence-corrected chi connectivity index (χ0v) is 13.5. The number of benzene rings is 1. The summed E-state index contributed by atoms with van der Waals surface area (Å²) in [5, 5.41) is 1.38. The molecule has 1 aliphatic heterocycles. The van der Waals surface area contributed by atoms with Crippen molar-refractivity contribution >= 4 is 34.8 Å². The second-order valence-corrected chi connectivity index (χ2v) is 5.86. The predicted molar refractivity (Wildman–Crippen MR) is 84.7 cm³/mol. The van der Waals surface area contributed by atoms with Gasteiger partial charge in [-0.2, -0.15) is 0 Å². The van der Waals surface area contributed by atoms with Crippen LogP contribution in [-0.2, 0) is 0 Å². The molecule has 2 rings (SSSR count). The lowest BCUT2D eigenvalue weighted by Crippen LogP contribution is -2.29. The predicted octanol–water partition coefficient (Wildman–Crippen LogP) is 4.48. The van der Waals surface area contributed by atoms with Crippen molar-refractivity contribution in [2.45, 2.75) is 13.3 Å². The quantitative estimate of drug-likeness (QED) is 0.762. The summed E-state index contributed by atoms with van der Waals surface area (Å²) in [5.41, 5.74) is 0. The van der Waals surface area contributed by atoms with Gasteiger partial charge < -0.3 is 14.5 Å². The van der Waals surface area contributed by atoms with Gasteiger partial charge in [-0.15, -0.1) is 0 Å². The molecule has 1 aliphatic rings. The van der Waals surface area contributed by atoms with Gasteiger partial charge in [0.1, 0.15) is 6.61 Å². The molecule has 6 heteroatoms. The molecule has 110 valence electrons. The highest BCUT2D eigenvalue weighted by atomic mass is 35.5. The van der Waals surface area contributed by atoms with Crippen molar-refractivity contribution in [3.05, 3.63) is 39.6 Å². The smallest absolute Gasteiger partial charge is 0.156 e. The summed E-state index contributed by atoms with van der Waals surface area (Å²) in [6, 6.07) is 3.26. The number of nitrogens with zero attached hydrogens (tertiary/aromatic N) is 2. The molecule has 1 heterocycles. The Morgan fingerprint density at radius 2 is 1.65 bits per heavy atom. The van der Waals surface area contributed by atoms with Crippen molar-refractivity contribution in [1.29, 1.82) is 0 Å². The summed E-state index contributed by atoms with van der Waals surface area (Å²) < 4.78 is 5.66. The van der Waals surface area contributed by atoms with E-state index in [2.05, 4.69) is 29.1 Å². The second-order valence-electron chi connectivity index (χ2n) is 4.61. The van der Waals surface area contributed by atoms with Gasteiger partial charge in [-0.05, 0) is 18.6 Å². The molecule has 0 atom stereocenters. The minimum Gasteiger partial charge on any atom is -0.489 e. The lowest BCUT2D eigenvalue weighted by atomic mass is 10.3. The average Bonchev–Trinajstić information content (AvgIpc) is 2.81. The van der Waals surface area contributed by atoms with E-state index in [1.807, 2.05) is 0 Å². The Morgan fingerprint density at radius 1 is 1.05 bits per heavy atom. The molecule has 3 nitrogen and oxygen atoms in total. The Morgan fingerprint density at radius 3 is 2.25 bits per heavy atom. The fraction of sp³-hybridized carbons (Fsp3) is 0.429. The number of rotatable bonds is 6. The summed E-state index contributed by atoms with van der Waals surface area (Å²) >= 11 is 18.0. The molecular weight excluding hydrogens is 319 g/mol. The van der Waals surface area contributed by atoms with Gasteiger partial charge in [0.05, 0.1) is 23.3 Å². The van der Waals surface area contributed by atoms with Crippen LogP contribution >= 0.6 is 34.8 Å². The first-order chi connectivity index (χ1) is 9.60. The summed E-state index contributed by atoms with van der Waals surface area (Å²) in [4.78, 5) is 4.45.